The summed E-state index contributed by atoms with van der Waals surface area (Å²) in [5, 5.41) is 12.6. The van der Waals surface area contributed by atoms with Gasteiger partial charge in [-0.3, -0.25) is 4.79 Å². The van der Waals surface area contributed by atoms with E-state index in [0.717, 1.165) is 16.8 Å². The summed E-state index contributed by atoms with van der Waals surface area (Å²) < 4.78 is 0. The molecule has 2 aromatic rings. The molecule has 0 aliphatic heterocycles. The number of hydrogen-bond acceptors (Lipinski definition) is 2. The van der Waals surface area contributed by atoms with Gasteiger partial charge in [-0.05, 0) is 35.4 Å². The average Bonchev–Trinajstić information content (AvgIpc) is 2.32. The monoisotopic (exact) mass is 261 g/mol. The fourth-order valence-corrected chi connectivity index (χ4v) is 1.79. The molecule has 2 rings (SSSR count). The molecule has 0 atom stereocenters. The summed E-state index contributed by atoms with van der Waals surface area (Å²) >= 11 is 5.76. The third-order valence-electron chi connectivity index (χ3n) is 2.46. The number of carbonyl (C=O) groups excluding carboxylic acids is 1. The molecule has 2 N–H and O–H groups in total. The molecule has 0 aromatic heterocycles. The fraction of sp³-hybridized carbons (Fsp3) is 0.0714. The molecule has 1 amide bonds. The molecular weight excluding hydrogens is 250 g/mol. The Morgan fingerprint density at radius 2 is 1.89 bits per heavy atom. The molecule has 92 valence electrons. The highest BCUT2D eigenvalue weighted by Gasteiger charge is 2.04. The maximum Gasteiger partial charge on any atom is 0.221 e. The zero-order valence-electron chi connectivity index (χ0n) is 9.77. The third-order valence-corrected chi connectivity index (χ3v) is 2.78. The normalized spacial score (nSPS) is 10.1. The number of rotatable bonds is 2. The summed E-state index contributed by atoms with van der Waals surface area (Å²) in [6, 6.07) is 12.4. The standard InChI is InChI=1S/C14H12ClNO2/c1-9(17)16-12-4-2-3-10(7-12)11-5-6-13(15)14(18)8-11/h2-8,18H,1H3,(H,16,17). The zero-order valence-corrected chi connectivity index (χ0v) is 10.5. The smallest absolute Gasteiger partial charge is 0.221 e. The molecule has 0 aliphatic carbocycles. The van der Waals surface area contributed by atoms with Gasteiger partial charge in [-0.1, -0.05) is 29.8 Å². The number of benzene rings is 2. The molecule has 3 nitrogen and oxygen atoms in total. The van der Waals surface area contributed by atoms with Crippen LogP contribution >= 0.6 is 11.6 Å². The Kier molecular flexibility index (Phi) is 3.53. The lowest BCUT2D eigenvalue weighted by atomic mass is 10.0. The molecule has 0 unspecified atom stereocenters. The van der Waals surface area contributed by atoms with E-state index in [1.165, 1.54) is 6.92 Å². The van der Waals surface area contributed by atoms with Crippen molar-refractivity contribution in [2.45, 2.75) is 6.92 Å². The van der Waals surface area contributed by atoms with Gasteiger partial charge in [0, 0.05) is 12.6 Å². The van der Waals surface area contributed by atoms with Crippen molar-refractivity contribution in [1.82, 2.24) is 0 Å². The number of anilines is 1. The molecule has 0 spiro atoms. The van der Waals surface area contributed by atoms with Crippen LogP contribution in [-0.2, 0) is 4.79 Å². The number of hydrogen-bond donors (Lipinski definition) is 2. The van der Waals surface area contributed by atoms with Gasteiger partial charge in [0.1, 0.15) is 5.75 Å². The van der Waals surface area contributed by atoms with Gasteiger partial charge < -0.3 is 10.4 Å². The Morgan fingerprint density at radius 1 is 1.17 bits per heavy atom. The van der Waals surface area contributed by atoms with E-state index >= 15 is 0 Å². The van der Waals surface area contributed by atoms with E-state index in [2.05, 4.69) is 5.32 Å². The first kappa shape index (κ1) is 12.5. The summed E-state index contributed by atoms with van der Waals surface area (Å²) in [5.41, 5.74) is 2.45. The lowest BCUT2D eigenvalue weighted by Crippen LogP contribution is -2.05. The highest BCUT2D eigenvalue weighted by molar-refractivity contribution is 6.32. The Balaban J connectivity index is 2.38. The summed E-state index contributed by atoms with van der Waals surface area (Å²) in [6.45, 7) is 1.46. The number of amides is 1. The average molecular weight is 262 g/mol. The minimum atomic E-state index is -0.119. The summed E-state index contributed by atoms with van der Waals surface area (Å²) in [7, 11) is 0. The fourth-order valence-electron chi connectivity index (χ4n) is 1.67. The molecule has 0 bridgehead atoms. The van der Waals surface area contributed by atoms with Crippen LogP contribution in [0.15, 0.2) is 42.5 Å². The van der Waals surface area contributed by atoms with Crippen molar-refractivity contribution in [2.24, 2.45) is 0 Å². The van der Waals surface area contributed by atoms with Gasteiger partial charge in [0.25, 0.3) is 0 Å². The van der Waals surface area contributed by atoms with Crippen LogP contribution in [0.25, 0.3) is 11.1 Å². The second-order valence-electron chi connectivity index (χ2n) is 3.93. The van der Waals surface area contributed by atoms with Crippen molar-refractivity contribution in [3.05, 3.63) is 47.5 Å². The van der Waals surface area contributed by atoms with Crippen LogP contribution < -0.4 is 5.32 Å². The van der Waals surface area contributed by atoms with Crippen molar-refractivity contribution >= 4 is 23.2 Å². The maximum absolute atomic E-state index is 11.0. The first-order valence-electron chi connectivity index (χ1n) is 5.43. The molecule has 0 radical (unpaired) electrons. The van der Waals surface area contributed by atoms with Gasteiger partial charge in [0.15, 0.2) is 0 Å². The van der Waals surface area contributed by atoms with Crippen LogP contribution in [0.2, 0.25) is 5.02 Å². The second kappa shape index (κ2) is 5.10. The molecule has 2 aromatic carbocycles. The predicted octanol–water partition coefficient (Wildman–Crippen LogP) is 3.67. The molecule has 0 aliphatic rings. The van der Waals surface area contributed by atoms with E-state index in [1.807, 2.05) is 24.3 Å². The Labute approximate surface area is 110 Å². The van der Waals surface area contributed by atoms with Crippen molar-refractivity contribution in [2.75, 3.05) is 5.32 Å². The van der Waals surface area contributed by atoms with Gasteiger partial charge in [0.2, 0.25) is 5.91 Å². The number of phenols is 1. The van der Waals surface area contributed by atoms with E-state index in [-0.39, 0.29) is 11.7 Å². The number of aromatic hydroxyl groups is 1. The molecule has 0 heterocycles. The van der Waals surface area contributed by atoms with Crippen LogP contribution in [-0.4, -0.2) is 11.0 Å². The van der Waals surface area contributed by atoms with E-state index in [4.69, 9.17) is 11.6 Å². The Morgan fingerprint density at radius 3 is 2.56 bits per heavy atom. The van der Waals surface area contributed by atoms with Gasteiger partial charge in [0.05, 0.1) is 5.02 Å². The quantitative estimate of drug-likeness (QED) is 0.867. The van der Waals surface area contributed by atoms with E-state index < -0.39 is 0 Å². The van der Waals surface area contributed by atoms with Crippen LogP contribution in [0.4, 0.5) is 5.69 Å². The van der Waals surface area contributed by atoms with Gasteiger partial charge >= 0.3 is 0 Å². The summed E-state index contributed by atoms with van der Waals surface area (Å²) in [5.74, 6) is -0.0785. The molecule has 18 heavy (non-hydrogen) atoms. The SMILES string of the molecule is CC(=O)Nc1cccc(-c2ccc(Cl)c(O)c2)c1. The minimum absolute atomic E-state index is 0.0408. The lowest BCUT2D eigenvalue weighted by molar-refractivity contribution is -0.114. The lowest BCUT2D eigenvalue weighted by Gasteiger charge is -2.07. The molecule has 0 saturated carbocycles. The maximum atomic E-state index is 11.0. The van der Waals surface area contributed by atoms with Crippen LogP contribution in [0.1, 0.15) is 6.92 Å². The van der Waals surface area contributed by atoms with Crippen molar-refractivity contribution < 1.29 is 9.90 Å². The number of carbonyl (C=O) groups is 1. The van der Waals surface area contributed by atoms with Crippen molar-refractivity contribution in [1.29, 1.82) is 0 Å². The summed E-state index contributed by atoms with van der Waals surface area (Å²) in [4.78, 5) is 11.0. The molecule has 0 saturated heterocycles. The third kappa shape index (κ3) is 2.81. The Bertz CT molecular complexity index is 596. The second-order valence-corrected chi connectivity index (χ2v) is 4.34. The first-order chi connectivity index (χ1) is 8.56. The molecule has 0 fully saturated rings. The van der Waals surface area contributed by atoms with E-state index in [0.29, 0.717) is 5.02 Å². The first-order valence-corrected chi connectivity index (χ1v) is 5.80. The van der Waals surface area contributed by atoms with Crippen LogP contribution in [0, 0.1) is 0 Å². The van der Waals surface area contributed by atoms with Crippen molar-refractivity contribution in [3.63, 3.8) is 0 Å². The number of nitrogens with one attached hydrogen (secondary N) is 1. The Hall–Kier alpha value is -2.00. The van der Waals surface area contributed by atoms with E-state index in [1.54, 1.807) is 18.2 Å². The van der Waals surface area contributed by atoms with Crippen LogP contribution in [0.3, 0.4) is 0 Å². The molecule has 4 heteroatoms. The largest absolute Gasteiger partial charge is 0.506 e. The van der Waals surface area contributed by atoms with Gasteiger partial charge in [-0.25, -0.2) is 0 Å². The highest BCUT2D eigenvalue weighted by Crippen LogP contribution is 2.30. The number of halogens is 1. The predicted molar refractivity (Wildman–Crippen MR) is 72.9 cm³/mol. The van der Waals surface area contributed by atoms with Gasteiger partial charge in [-0.2, -0.15) is 0 Å². The topological polar surface area (TPSA) is 49.3 Å². The zero-order chi connectivity index (χ0) is 13.1. The number of phenolic OH excluding ortho intramolecular Hbond substituents is 1. The van der Waals surface area contributed by atoms with Crippen LogP contribution in [0.5, 0.6) is 5.75 Å². The van der Waals surface area contributed by atoms with Gasteiger partial charge in [-0.15, -0.1) is 0 Å². The molecular formula is C14H12ClNO2. The summed E-state index contributed by atoms with van der Waals surface area (Å²) in [6.07, 6.45) is 0. The van der Waals surface area contributed by atoms with Crippen molar-refractivity contribution in [3.8, 4) is 16.9 Å². The highest BCUT2D eigenvalue weighted by atomic mass is 35.5. The van der Waals surface area contributed by atoms with E-state index in [9.17, 15) is 9.90 Å². The minimum Gasteiger partial charge on any atom is -0.506 e.